The standard InChI is InChI=1S/C13H18FIO2/c1-10(8-16-3)17-13(2,9-15)11-6-4-5-7-12(11)14/h4-7,10H,8-9H2,1-3H3. The number of rotatable bonds is 6. The number of hydrogen-bond acceptors (Lipinski definition) is 2. The van der Waals surface area contributed by atoms with Crippen molar-refractivity contribution in [1.29, 1.82) is 0 Å². The Bertz CT molecular complexity index is 359. The number of methoxy groups -OCH3 is 1. The molecule has 1 rings (SSSR count). The average molecular weight is 352 g/mol. The molecular formula is C13H18FIO2. The Morgan fingerprint density at radius 2 is 2.06 bits per heavy atom. The summed E-state index contributed by atoms with van der Waals surface area (Å²) in [5.41, 5.74) is -0.0264. The largest absolute Gasteiger partial charge is 0.382 e. The van der Waals surface area contributed by atoms with E-state index in [9.17, 15) is 4.39 Å². The van der Waals surface area contributed by atoms with E-state index in [0.717, 1.165) is 0 Å². The molecule has 2 nitrogen and oxygen atoms in total. The maximum Gasteiger partial charge on any atom is 0.129 e. The van der Waals surface area contributed by atoms with Crippen molar-refractivity contribution in [3.63, 3.8) is 0 Å². The number of ether oxygens (including phenoxy) is 2. The monoisotopic (exact) mass is 352 g/mol. The Hall–Kier alpha value is -0.200. The van der Waals surface area contributed by atoms with Crippen molar-refractivity contribution in [3.05, 3.63) is 35.6 Å². The predicted molar refractivity (Wildman–Crippen MR) is 75.1 cm³/mol. The minimum absolute atomic E-state index is 0.0700. The van der Waals surface area contributed by atoms with Crippen LogP contribution < -0.4 is 0 Å². The second kappa shape index (κ2) is 6.66. The van der Waals surface area contributed by atoms with Gasteiger partial charge in [0.1, 0.15) is 11.4 Å². The van der Waals surface area contributed by atoms with Crippen LogP contribution in [0, 0.1) is 5.82 Å². The minimum Gasteiger partial charge on any atom is -0.382 e. The maximum atomic E-state index is 13.8. The van der Waals surface area contributed by atoms with Gasteiger partial charge in [0.2, 0.25) is 0 Å². The molecule has 0 aromatic heterocycles. The maximum absolute atomic E-state index is 13.8. The molecule has 17 heavy (non-hydrogen) atoms. The average Bonchev–Trinajstić information content (AvgIpc) is 2.29. The van der Waals surface area contributed by atoms with Crippen molar-refractivity contribution < 1.29 is 13.9 Å². The molecule has 0 aliphatic heterocycles. The molecule has 1 aromatic rings. The van der Waals surface area contributed by atoms with Crippen molar-refractivity contribution in [2.45, 2.75) is 25.6 Å². The van der Waals surface area contributed by atoms with Gasteiger partial charge >= 0.3 is 0 Å². The Kier molecular flexibility index (Phi) is 5.82. The molecule has 0 radical (unpaired) electrons. The number of alkyl halides is 1. The number of hydrogen-bond donors (Lipinski definition) is 0. The first kappa shape index (κ1) is 14.9. The van der Waals surface area contributed by atoms with Crippen LogP contribution in [-0.2, 0) is 15.1 Å². The summed E-state index contributed by atoms with van der Waals surface area (Å²) < 4.78 is 25.4. The van der Waals surface area contributed by atoms with Crippen LogP contribution in [0.3, 0.4) is 0 Å². The van der Waals surface area contributed by atoms with Gasteiger partial charge in [-0.1, -0.05) is 40.8 Å². The van der Waals surface area contributed by atoms with Crippen LogP contribution in [0.2, 0.25) is 0 Å². The highest BCUT2D eigenvalue weighted by molar-refractivity contribution is 14.1. The van der Waals surface area contributed by atoms with Gasteiger partial charge in [-0.15, -0.1) is 0 Å². The van der Waals surface area contributed by atoms with Crippen molar-refractivity contribution in [2.24, 2.45) is 0 Å². The van der Waals surface area contributed by atoms with E-state index >= 15 is 0 Å². The van der Waals surface area contributed by atoms with Gasteiger partial charge in [-0.3, -0.25) is 0 Å². The van der Waals surface area contributed by atoms with Crippen molar-refractivity contribution >= 4 is 22.6 Å². The zero-order valence-electron chi connectivity index (χ0n) is 10.4. The third kappa shape index (κ3) is 3.89. The molecule has 0 spiro atoms. The lowest BCUT2D eigenvalue weighted by atomic mass is 9.97. The summed E-state index contributed by atoms with van der Waals surface area (Å²) in [6, 6.07) is 6.75. The number of benzene rings is 1. The third-order valence-electron chi connectivity index (χ3n) is 2.56. The molecule has 0 bridgehead atoms. The zero-order chi connectivity index (χ0) is 12.9. The van der Waals surface area contributed by atoms with Gasteiger partial charge in [0, 0.05) is 17.1 Å². The molecule has 0 saturated heterocycles. The molecule has 4 heteroatoms. The SMILES string of the molecule is COCC(C)OC(C)(CI)c1ccccc1F. The van der Waals surface area contributed by atoms with Crippen LogP contribution >= 0.6 is 22.6 Å². The molecule has 0 N–H and O–H groups in total. The predicted octanol–water partition coefficient (Wildman–Crippen LogP) is 3.53. The lowest BCUT2D eigenvalue weighted by molar-refractivity contribution is -0.0889. The van der Waals surface area contributed by atoms with E-state index in [-0.39, 0.29) is 11.9 Å². The van der Waals surface area contributed by atoms with E-state index in [1.54, 1.807) is 19.2 Å². The Labute approximate surface area is 116 Å². The van der Waals surface area contributed by atoms with E-state index < -0.39 is 5.60 Å². The van der Waals surface area contributed by atoms with Crippen LogP contribution in [0.4, 0.5) is 4.39 Å². The van der Waals surface area contributed by atoms with Crippen molar-refractivity contribution in [3.8, 4) is 0 Å². The van der Waals surface area contributed by atoms with E-state index in [1.807, 2.05) is 19.9 Å². The fraction of sp³-hybridized carbons (Fsp3) is 0.538. The highest BCUT2D eigenvalue weighted by Gasteiger charge is 2.31. The molecular weight excluding hydrogens is 334 g/mol. The third-order valence-corrected chi connectivity index (χ3v) is 4.02. The van der Waals surface area contributed by atoms with Gasteiger partial charge in [0.15, 0.2) is 0 Å². The quantitative estimate of drug-likeness (QED) is 0.576. The van der Waals surface area contributed by atoms with Gasteiger partial charge in [-0.25, -0.2) is 4.39 Å². The van der Waals surface area contributed by atoms with Gasteiger partial charge in [-0.05, 0) is 19.9 Å². The molecule has 0 amide bonds. The summed E-state index contributed by atoms with van der Waals surface area (Å²) in [5.74, 6) is -0.226. The second-order valence-electron chi connectivity index (χ2n) is 4.23. The Morgan fingerprint density at radius 1 is 1.41 bits per heavy atom. The van der Waals surface area contributed by atoms with Gasteiger partial charge in [0.05, 0.1) is 12.7 Å². The molecule has 0 fully saturated rings. The highest BCUT2D eigenvalue weighted by Crippen LogP contribution is 2.31. The van der Waals surface area contributed by atoms with Crippen LogP contribution in [0.5, 0.6) is 0 Å². The first-order chi connectivity index (χ1) is 8.03. The van der Waals surface area contributed by atoms with Crippen LogP contribution in [0.1, 0.15) is 19.4 Å². The van der Waals surface area contributed by atoms with Crippen LogP contribution in [0.15, 0.2) is 24.3 Å². The fourth-order valence-electron chi connectivity index (χ4n) is 1.77. The lowest BCUT2D eigenvalue weighted by Gasteiger charge is -2.32. The van der Waals surface area contributed by atoms with Crippen molar-refractivity contribution in [1.82, 2.24) is 0 Å². The molecule has 0 saturated carbocycles. The fourth-order valence-corrected chi connectivity index (χ4v) is 2.36. The zero-order valence-corrected chi connectivity index (χ0v) is 12.5. The summed E-state index contributed by atoms with van der Waals surface area (Å²) in [6.45, 7) is 4.33. The lowest BCUT2D eigenvalue weighted by Crippen LogP contribution is -2.34. The molecule has 0 heterocycles. The molecule has 0 aliphatic carbocycles. The van der Waals surface area contributed by atoms with E-state index in [1.165, 1.54) is 6.07 Å². The smallest absolute Gasteiger partial charge is 0.129 e. The van der Waals surface area contributed by atoms with Gasteiger partial charge in [-0.2, -0.15) is 0 Å². The van der Waals surface area contributed by atoms with E-state index in [4.69, 9.17) is 9.47 Å². The number of halogens is 2. The molecule has 1 aromatic carbocycles. The normalized spacial score (nSPS) is 16.5. The summed E-state index contributed by atoms with van der Waals surface area (Å²) >= 11 is 2.22. The summed E-state index contributed by atoms with van der Waals surface area (Å²) in [4.78, 5) is 0. The topological polar surface area (TPSA) is 18.5 Å². The Balaban J connectivity index is 2.92. The van der Waals surface area contributed by atoms with Gasteiger partial charge < -0.3 is 9.47 Å². The highest BCUT2D eigenvalue weighted by atomic mass is 127. The molecule has 2 atom stereocenters. The molecule has 96 valence electrons. The van der Waals surface area contributed by atoms with E-state index in [0.29, 0.717) is 16.6 Å². The van der Waals surface area contributed by atoms with E-state index in [2.05, 4.69) is 22.6 Å². The first-order valence-electron chi connectivity index (χ1n) is 5.51. The van der Waals surface area contributed by atoms with Crippen LogP contribution in [0.25, 0.3) is 0 Å². The summed E-state index contributed by atoms with van der Waals surface area (Å²) in [5, 5.41) is 0. The van der Waals surface area contributed by atoms with Crippen LogP contribution in [-0.4, -0.2) is 24.2 Å². The van der Waals surface area contributed by atoms with Gasteiger partial charge in [0.25, 0.3) is 0 Å². The molecule has 0 aliphatic rings. The summed E-state index contributed by atoms with van der Waals surface area (Å²) in [6.07, 6.45) is -0.0700. The van der Waals surface area contributed by atoms with Crippen molar-refractivity contribution in [2.75, 3.05) is 18.1 Å². The summed E-state index contributed by atoms with van der Waals surface area (Å²) in [7, 11) is 1.63. The first-order valence-corrected chi connectivity index (χ1v) is 7.04. The second-order valence-corrected chi connectivity index (χ2v) is 4.99. The molecule has 2 unspecified atom stereocenters. The minimum atomic E-state index is -0.621. The Morgan fingerprint density at radius 3 is 2.59 bits per heavy atom.